The molecule has 0 radical (unpaired) electrons. The number of nitrogens with one attached hydrogen (secondary N) is 1. The van der Waals surface area contributed by atoms with Gasteiger partial charge in [0.05, 0.1) is 17.9 Å². The van der Waals surface area contributed by atoms with E-state index in [1.54, 1.807) is 0 Å². The molecule has 3 heteroatoms. The summed E-state index contributed by atoms with van der Waals surface area (Å²) >= 11 is 0. The Labute approximate surface area is 137 Å². The Morgan fingerprint density at radius 2 is 1.57 bits per heavy atom. The van der Waals surface area contributed by atoms with Gasteiger partial charge in [0, 0.05) is 24.1 Å². The van der Waals surface area contributed by atoms with Gasteiger partial charge in [0.25, 0.3) is 0 Å². The van der Waals surface area contributed by atoms with Crippen molar-refractivity contribution in [3.63, 3.8) is 0 Å². The van der Waals surface area contributed by atoms with Crippen LogP contribution in [0.3, 0.4) is 0 Å². The molecule has 0 bridgehead atoms. The average molecular weight is 303 g/mol. The fourth-order valence-corrected chi connectivity index (χ4v) is 3.35. The van der Waals surface area contributed by atoms with E-state index in [1.807, 2.05) is 0 Å². The second kappa shape index (κ2) is 6.39. The summed E-state index contributed by atoms with van der Waals surface area (Å²) in [6, 6.07) is 21.3. The van der Waals surface area contributed by atoms with Gasteiger partial charge in [-0.1, -0.05) is 60.7 Å². The number of hydrogen-bond donors (Lipinski definition) is 1. The maximum absolute atomic E-state index is 4.96. The molecule has 23 heavy (non-hydrogen) atoms. The van der Waals surface area contributed by atoms with E-state index in [9.17, 15) is 0 Å². The number of fused-ring (bicyclic) bond motifs is 1. The van der Waals surface area contributed by atoms with Crippen LogP contribution in [0.5, 0.6) is 0 Å². The Bertz CT molecular complexity index is 775. The standard InChI is InChI=1S/C20H21N3/c1-3-7-16(8-4-1)15-23-20(17-9-5-2-6-10-17)18-11-13-21-14-12-19(18)22-23/h1-10,21H,11-15H2. The molecule has 3 aromatic rings. The minimum absolute atomic E-state index is 0.825. The Kier molecular flexibility index (Phi) is 3.95. The van der Waals surface area contributed by atoms with Gasteiger partial charge >= 0.3 is 0 Å². The van der Waals surface area contributed by atoms with Crippen molar-refractivity contribution in [2.75, 3.05) is 13.1 Å². The third-order valence-electron chi connectivity index (χ3n) is 4.45. The second-order valence-electron chi connectivity index (χ2n) is 6.03. The summed E-state index contributed by atoms with van der Waals surface area (Å²) in [4.78, 5) is 0. The van der Waals surface area contributed by atoms with E-state index in [-0.39, 0.29) is 0 Å². The predicted octanol–water partition coefficient (Wildman–Crippen LogP) is 3.29. The lowest BCUT2D eigenvalue weighted by atomic mass is 10.0. The monoisotopic (exact) mass is 303 g/mol. The summed E-state index contributed by atoms with van der Waals surface area (Å²) in [5.41, 5.74) is 6.51. The zero-order chi connectivity index (χ0) is 15.5. The van der Waals surface area contributed by atoms with Crippen LogP contribution in [-0.2, 0) is 19.4 Å². The highest BCUT2D eigenvalue weighted by Gasteiger charge is 2.20. The van der Waals surface area contributed by atoms with E-state index < -0.39 is 0 Å². The third-order valence-corrected chi connectivity index (χ3v) is 4.45. The molecule has 0 unspecified atom stereocenters. The lowest BCUT2D eigenvalue weighted by Gasteiger charge is -2.10. The van der Waals surface area contributed by atoms with Crippen molar-refractivity contribution in [2.24, 2.45) is 0 Å². The van der Waals surface area contributed by atoms with Crippen molar-refractivity contribution in [1.29, 1.82) is 0 Å². The highest BCUT2D eigenvalue weighted by atomic mass is 15.3. The van der Waals surface area contributed by atoms with Crippen LogP contribution in [0.2, 0.25) is 0 Å². The number of benzene rings is 2. The smallest absolute Gasteiger partial charge is 0.0721 e. The second-order valence-corrected chi connectivity index (χ2v) is 6.03. The summed E-state index contributed by atoms with van der Waals surface area (Å²) in [6.45, 7) is 2.87. The molecule has 0 spiro atoms. The zero-order valence-electron chi connectivity index (χ0n) is 13.2. The van der Waals surface area contributed by atoms with Crippen molar-refractivity contribution in [2.45, 2.75) is 19.4 Å². The van der Waals surface area contributed by atoms with Crippen molar-refractivity contribution >= 4 is 0 Å². The molecule has 2 heterocycles. The average Bonchev–Trinajstić information content (AvgIpc) is 2.77. The van der Waals surface area contributed by atoms with Gasteiger partial charge in [-0.2, -0.15) is 5.10 Å². The number of rotatable bonds is 3. The summed E-state index contributed by atoms with van der Waals surface area (Å²) in [7, 11) is 0. The van der Waals surface area contributed by atoms with Crippen LogP contribution in [0.15, 0.2) is 60.7 Å². The molecule has 0 saturated heterocycles. The topological polar surface area (TPSA) is 29.9 Å². The van der Waals surface area contributed by atoms with E-state index >= 15 is 0 Å². The van der Waals surface area contributed by atoms with E-state index in [1.165, 1.54) is 28.1 Å². The van der Waals surface area contributed by atoms with Crippen LogP contribution in [0.4, 0.5) is 0 Å². The van der Waals surface area contributed by atoms with E-state index in [0.29, 0.717) is 0 Å². The summed E-state index contributed by atoms with van der Waals surface area (Å²) in [6.07, 6.45) is 2.06. The molecule has 0 amide bonds. The van der Waals surface area contributed by atoms with Crippen molar-refractivity contribution in [3.8, 4) is 11.3 Å². The minimum Gasteiger partial charge on any atom is -0.316 e. The lowest BCUT2D eigenvalue weighted by molar-refractivity contribution is 0.655. The molecular formula is C20H21N3. The van der Waals surface area contributed by atoms with Gasteiger partial charge in [0.2, 0.25) is 0 Å². The van der Waals surface area contributed by atoms with Crippen LogP contribution in [0.1, 0.15) is 16.8 Å². The molecule has 1 aliphatic heterocycles. The molecular weight excluding hydrogens is 282 g/mol. The zero-order valence-corrected chi connectivity index (χ0v) is 13.2. The SMILES string of the molecule is c1ccc(Cn2nc3c(c2-c2ccccc2)CCNCC3)cc1. The van der Waals surface area contributed by atoms with Crippen LogP contribution in [0.25, 0.3) is 11.3 Å². The number of aromatic nitrogens is 2. The molecule has 2 aromatic carbocycles. The van der Waals surface area contributed by atoms with E-state index in [4.69, 9.17) is 5.10 Å². The molecule has 1 N–H and O–H groups in total. The highest BCUT2D eigenvalue weighted by Crippen LogP contribution is 2.28. The van der Waals surface area contributed by atoms with E-state index in [0.717, 1.165) is 32.5 Å². The number of nitrogens with zero attached hydrogens (tertiary/aromatic N) is 2. The van der Waals surface area contributed by atoms with Crippen molar-refractivity contribution < 1.29 is 0 Å². The van der Waals surface area contributed by atoms with Crippen LogP contribution in [-0.4, -0.2) is 22.9 Å². The molecule has 1 aromatic heterocycles. The lowest BCUT2D eigenvalue weighted by Crippen LogP contribution is -2.17. The maximum Gasteiger partial charge on any atom is 0.0721 e. The molecule has 3 nitrogen and oxygen atoms in total. The van der Waals surface area contributed by atoms with Crippen LogP contribution < -0.4 is 5.32 Å². The van der Waals surface area contributed by atoms with Crippen molar-refractivity contribution in [1.82, 2.24) is 15.1 Å². The summed E-state index contributed by atoms with van der Waals surface area (Å²) in [5, 5.41) is 8.44. The Hall–Kier alpha value is -2.39. The quantitative estimate of drug-likeness (QED) is 0.804. The molecule has 116 valence electrons. The Morgan fingerprint density at radius 3 is 2.35 bits per heavy atom. The first-order valence-corrected chi connectivity index (χ1v) is 8.30. The fourth-order valence-electron chi connectivity index (χ4n) is 3.35. The third kappa shape index (κ3) is 2.92. The van der Waals surface area contributed by atoms with Crippen LogP contribution in [0, 0.1) is 0 Å². The first-order valence-electron chi connectivity index (χ1n) is 8.30. The first-order chi connectivity index (χ1) is 11.4. The molecule has 1 aliphatic rings. The van der Waals surface area contributed by atoms with Gasteiger partial charge in [0.15, 0.2) is 0 Å². The minimum atomic E-state index is 0.825. The van der Waals surface area contributed by atoms with Crippen LogP contribution >= 0.6 is 0 Å². The molecule has 0 aliphatic carbocycles. The fraction of sp³-hybridized carbons (Fsp3) is 0.250. The Balaban J connectivity index is 1.81. The van der Waals surface area contributed by atoms with Gasteiger partial charge in [-0.15, -0.1) is 0 Å². The predicted molar refractivity (Wildman–Crippen MR) is 93.5 cm³/mol. The van der Waals surface area contributed by atoms with Gasteiger partial charge < -0.3 is 5.32 Å². The maximum atomic E-state index is 4.96. The van der Waals surface area contributed by atoms with Gasteiger partial charge in [-0.3, -0.25) is 4.68 Å². The van der Waals surface area contributed by atoms with Crippen molar-refractivity contribution in [3.05, 3.63) is 77.5 Å². The van der Waals surface area contributed by atoms with Gasteiger partial charge in [0.1, 0.15) is 0 Å². The van der Waals surface area contributed by atoms with E-state index in [2.05, 4.69) is 70.7 Å². The molecule has 0 atom stereocenters. The van der Waals surface area contributed by atoms with Gasteiger partial charge in [-0.25, -0.2) is 0 Å². The normalized spacial score (nSPS) is 14.3. The molecule has 0 fully saturated rings. The molecule has 4 rings (SSSR count). The highest BCUT2D eigenvalue weighted by molar-refractivity contribution is 5.65. The largest absolute Gasteiger partial charge is 0.316 e. The Morgan fingerprint density at radius 1 is 0.870 bits per heavy atom. The van der Waals surface area contributed by atoms with Gasteiger partial charge in [-0.05, 0) is 18.5 Å². The first kappa shape index (κ1) is 14.2. The molecule has 0 saturated carbocycles. The number of hydrogen-bond acceptors (Lipinski definition) is 2. The summed E-state index contributed by atoms with van der Waals surface area (Å²) in [5.74, 6) is 0. The summed E-state index contributed by atoms with van der Waals surface area (Å²) < 4.78 is 2.20.